The fraction of sp³-hybridized carbons (Fsp3) is 0.857. The van der Waals surface area contributed by atoms with Gasteiger partial charge in [0, 0.05) is 0 Å². The van der Waals surface area contributed by atoms with Crippen LogP contribution in [0.3, 0.4) is 0 Å². The number of hydrogen-bond acceptors (Lipinski definition) is 4. The summed E-state index contributed by atoms with van der Waals surface area (Å²) in [4.78, 5) is 23.2. The molecule has 0 aromatic rings. The second kappa shape index (κ2) is 7.92. The summed E-state index contributed by atoms with van der Waals surface area (Å²) in [6, 6.07) is 0. The normalized spacial score (nSPS) is 16.5. The van der Waals surface area contributed by atoms with Gasteiger partial charge in [-0.25, -0.2) is 0 Å². The van der Waals surface area contributed by atoms with Crippen molar-refractivity contribution in [1.82, 2.24) is 0 Å². The molecule has 130 valence electrons. The number of rotatable bonds is 10. The summed E-state index contributed by atoms with van der Waals surface area (Å²) >= 11 is 0. The highest BCUT2D eigenvalue weighted by molar-refractivity contribution is 7.88. The van der Waals surface area contributed by atoms with Crippen LogP contribution in [0.4, 0.5) is 0 Å². The molecule has 0 bridgehead atoms. The van der Waals surface area contributed by atoms with Crippen molar-refractivity contribution in [2.45, 2.75) is 58.1 Å². The Kier molecular flexibility index (Phi) is 7.50. The summed E-state index contributed by atoms with van der Waals surface area (Å²) in [5.74, 6) is -4.97. The van der Waals surface area contributed by atoms with E-state index in [-0.39, 0.29) is 24.7 Å². The molecule has 0 spiro atoms. The SMILES string of the molecule is CC(C)CCC(C(=O)O)C(CCC(C)C)(C(=O)O)S(=O)(=O)O. The van der Waals surface area contributed by atoms with E-state index in [4.69, 9.17) is 0 Å². The Morgan fingerprint density at radius 3 is 1.68 bits per heavy atom. The standard InChI is InChI=1S/C14H26O7S/c1-9(2)5-6-11(12(15)16)14(13(17)18,22(19,20)21)8-7-10(3)4/h9-11H,5-8H2,1-4H3,(H,15,16)(H,17,18)(H,19,20,21). The second-order valence-electron chi connectivity index (χ2n) is 6.46. The molecule has 0 amide bonds. The average molecular weight is 338 g/mol. The molecule has 22 heavy (non-hydrogen) atoms. The maximum absolute atomic E-state index is 11.8. The molecule has 2 atom stereocenters. The predicted octanol–water partition coefficient (Wildman–Crippen LogP) is 2.27. The third-order valence-electron chi connectivity index (χ3n) is 3.81. The Labute approximate surface area is 131 Å². The van der Waals surface area contributed by atoms with Gasteiger partial charge < -0.3 is 10.2 Å². The Hall–Kier alpha value is -1.15. The number of carbonyl (C=O) groups is 2. The van der Waals surface area contributed by atoms with Gasteiger partial charge >= 0.3 is 11.9 Å². The molecular weight excluding hydrogens is 312 g/mol. The molecule has 0 aromatic carbocycles. The first-order chi connectivity index (χ1) is 9.86. The summed E-state index contributed by atoms with van der Waals surface area (Å²) in [5, 5.41) is 18.8. The first kappa shape index (κ1) is 20.9. The van der Waals surface area contributed by atoms with Crippen LogP contribution in [0.15, 0.2) is 0 Å². The van der Waals surface area contributed by atoms with E-state index in [9.17, 15) is 32.8 Å². The summed E-state index contributed by atoms with van der Waals surface area (Å²) in [7, 11) is -5.09. The predicted molar refractivity (Wildman–Crippen MR) is 81.2 cm³/mol. The minimum absolute atomic E-state index is 0.0278. The fourth-order valence-electron chi connectivity index (χ4n) is 2.41. The van der Waals surface area contributed by atoms with Gasteiger partial charge in [-0.05, 0) is 31.1 Å². The van der Waals surface area contributed by atoms with Gasteiger partial charge in [0.05, 0.1) is 5.92 Å². The Bertz CT molecular complexity index is 495. The molecule has 0 aliphatic rings. The highest BCUT2D eigenvalue weighted by atomic mass is 32.2. The van der Waals surface area contributed by atoms with Crippen molar-refractivity contribution in [3.05, 3.63) is 0 Å². The van der Waals surface area contributed by atoms with Crippen molar-refractivity contribution in [1.29, 1.82) is 0 Å². The van der Waals surface area contributed by atoms with Gasteiger partial charge in [0.2, 0.25) is 4.75 Å². The number of hydrogen-bond donors (Lipinski definition) is 3. The van der Waals surface area contributed by atoms with Gasteiger partial charge in [0.1, 0.15) is 0 Å². The van der Waals surface area contributed by atoms with Crippen LogP contribution in [0.2, 0.25) is 0 Å². The van der Waals surface area contributed by atoms with Crippen LogP contribution in [0.5, 0.6) is 0 Å². The number of carboxylic acids is 2. The lowest BCUT2D eigenvalue weighted by atomic mass is 9.81. The zero-order chi connectivity index (χ0) is 17.7. The molecule has 0 saturated carbocycles. The Balaban J connectivity index is 5.95. The van der Waals surface area contributed by atoms with Crippen molar-refractivity contribution >= 4 is 22.1 Å². The van der Waals surface area contributed by atoms with E-state index in [2.05, 4.69) is 0 Å². The van der Waals surface area contributed by atoms with Crippen LogP contribution >= 0.6 is 0 Å². The van der Waals surface area contributed by atoms with Gasteiger partial charge in [-0.1, -0.05) is 34.1 Å². The lowest BCUT2D eigenvalue weighted by molar-refractivity contribution is -0.152. The zero-order valence-corrected chi connectivity index (χ0v) is 14.3. The summed E-state index contributed by atoms with van der Waals surface area (Å²) in [6.45, 7) is 7.17. The fourth-order valence-corrected chi connectivity index (χ4v) is 3.58. The molecule has 0 fully saturated rings. The van der Waals surface area contributed by atoms with Crippen LogP contribution < -0.4 is 0 Å². The number of carboxylic acid groups (broad SMARTS) is 2. The zero-order valence-electron chi connectivity index (χ0n) is 13.4. The molecule has 0 saturated heterocycles. The Morgan fingerprint density at radius 1 is 0.955 bits per heavy atom. The van der Waals surface area contributed by atoms with Crippen LogP contribution in [-0.4, -0.2) is 39.9 Å². The molecule has 0 aromatic heterocycles. The van der Waals surface area contributed by atoms with E-state index in [0.29, 0.717) is 6.42 Å². The van der Waals surface area contributed by atoms with Gasteiger partial charge in [-0.15, -0.1) is 0 Å². The van der Waals surface area contributed by atoms with Crippen LogP contribution in [-0.2, 0) is 19.7 Å². The first-order valence-electron chi connectivity index (χ1n) is 7.29. The van der Waals surface area contributed by atoms with E-state index in [1.54, 1.807) is 13.8 Å². The van der Waals surface area contributed by atoms with Gasteiger partial charge in [-0.3, -0.25) is 14.1 Å². The van der Waals surface area contributed by atoms with Gasteiger partial charge in [0.25, 0.3) is 10.1 Å². The van der Waals surface area contributed by atoms with E-state index in [1.807, 2.05) is 13.8 Å². The molecule has 0 rings (SSSR count). The molecule has 0 radical (unpaired) electrons. The van der Waals surface area contributed by atoms with Crippen molar-refractivity contribution in [3.63, 3.8) is 0 Å². The lowest BCUT2D eigenvalue weighted by Gasteiger charge is -2.32. The maximum Gasteiger partial charge on any atom is 0.328 e. The summed E-state index contributed by atoms with van der Waals surface area (Å²) in [6.07, 6.45) is -0.0359. The van der Waals surface area contributed by atoms with Gasteiger partial charge in [0.15, 0.2) is 0 Å². The molecule has 0 heterocycles. The van der Waals surface area contributed by atoms with E-state index < -0.39 is 39.1 Å². The summed E-state index contributed by atoms with van der Waals surface area (Å²) in [5.41, 5.74) is 0. The second-order valence-corrected chi connectivity index (χ2v) is 8.14. The van der Waals surface area contributed by atoms with E-state index in [0.717, 1.165) is 0 Å². The molecule has 2 unspecified atom stereocenters. The van der Waals surface area contributed by atoms with Crippen molar-refractivity contribution in [2.24, 2.45) is 17.8 Å². The molecular formula is C14H26O7S. The molecule has 7 nitrogen and oxygen atoms in total. The third kappa shape index (κ3) is 4.95. The Morgan fingerprint density at radius 2 is 1.41 bits per heavy atom. The summed E-state index contributed by atoms with van der Waals surface area (Å²) < 4.78 is 30.4. The molecule has 0 aliphatic carbocycles. The largest absolute Gasteiger partial charge is 0.481 e. The quantitative estimate of drug-likeness (QED) is 0.521. The first-order valence-corrected chi connectivity index (χ1v) is 8.73. The minimum Gasteiger partial charge on any atom is -0.481 e. The molecule has 0 aliphatic heterocycles. The lowest BCUT2D eigenvalue weighted by Crippen LogP contribution is -2.55. The smallest absolute Gasteiger partial charge is 0.328 e. The van der Waals surface area contributed by atoms with E-state index in [1.165, 1.54) is 0 Å². The van der Waals surface area contributed by atoms with Gasteiger partial charge in [-0.2, -0.15) is 8.42 Å². The van der Waals surface area contributed by atoms with E-state index >= 15 is 0 Å². The molecule has 8 heteroatoms. The van der Waals surface area contributed by atoms with Crippen molar-refractivity contribution in [3.8, 4) is 0 Å². The maximum atomic E-state index is 11.8. The minimum atomic E-state index is -5.09. The monoisotopic (exact) mass is 338 g/mol. The van der Waals surface area contributed by atoms with Crippen molar-refractivity contribution in [2.75, 3.05) is 0 Å². The third-order valence-corrected chi connectivity index (χ3v) is 5.39. The highest BCUT2D eigenvalue weighted by Gasteiger charge is 2.58. The van der Waals surface area contributed by atoms with Crippen LogP contribution in [0.25, 0.3) is 0 Å². The van der Waals surface area contributed by atoms with Crippen LogP contribution in [0.1, 0.15) is 53.4 Å². The van der Waals surface area contributed by atoms with Crippen LogP contribution in [0, 0.1) is 17.8 Å². The topological polar surface area (TPSA) is 129 Å². The van der Waals surface area contributed by atoms with Crippen molar-refractivity contribution < 1.29 is 32.8 Å². The average Bonchev–Trinajstić information content (AvgIpc) is 2.29. The molecule has 3 N–H and O–H groups in total. The number of aliphatic carboxylic acids is 2. The highest BCUT2D eigenvalue weighted by Crippen LogP contribution is 2.37.